The van der Waals surface area contributed by atoms with Gasteiger partial charge in [-0.3, -0.25) is 4.79 Å². The summed E-state index contributed by atoms with van der Waals surface area (Å²) in [6.07, 6.45) is 8.84. The van der Waals surface area contributed by atoms with Gasteiger partial charge in [0.1, 0.15) is 10.9 Å². The van der Waals surface area contributed by atoms with Gasteiger partial charge in [-0.1, -0.05) is 36.5 Å². The number of benzene rings is 1. The van der Waals surface area contributed by atoms with Crippen LogP contribution in [-0.2, 0) is 4.79 Å². The van der Waals surface area contributed by atoms with Crippen LogP contribution in [0.5, 0.6) is 0 Å². The summed E-state index contributed by atoms with van der Waals surface area (Å²) in [7, 11) is 1.88. The van der Waals surface area contributed by atoms with E-state index in [1.54, 1.807) is 0 Å². The lowest BCUT2D eigenvalue weighted by Crippen LogP contribution is -2.41. The maximum Gasteiger partial charge on any atom is 0.230 e. The Bertz CT molecular complexity index is 1090. The zero-order chi connectivity index (χ0) is 26.4. The fourth-order valence-electron chi connectivity index (χ4n) is 5.65. The molecule has 6 nitrogen and oxygen atoms in total. The second kappa shape index (κ2) is 12.7. The molecule has 1 amide bonds. The maximum absolute atomic E-state index is 13.8. The standard InChI is InChI=1S/C30H39N3O3S/c1-20(37-21(2)34)25-5-4-6-27(17-25)33(30(36)24-11-14-28(35)15-12-24)19-22-7-9-23(10-8-22)26-13-16-29(31-3)32-18-26/h4-6,13,16-18,22-24,28,34-35H,1-2,7-12,14-15,19H2,3H3,(H,31,32). The molecule has 1 aromatic carbocycles. The predicted octanol–water partition coefficient (Wildman–Crippen LogP) is 6.71. The summed E-state index contributed by atoms with van der Waals surface area (Å²) in [6, 6.07) is 12.1. The molecule has 0 radical (unpaired) electrons. The number of carbonyl (C=O) groups excluding carboxylic acids is 1. The highest BCUT2D eigenvalue weighted by Gasteiger charge is 2.32. The molecule has 1 heterocycles. The zero-order valence-corrected chi connectivity index (χ0v) is 22.6. The molecule has 2 aromatic rings. The highest BCUT2D eigenvalue weighted by molar-refractivity contribution is 8.11. The van der Waals surface area contributed by atoms with E-state index >= 15 is 0 Å². The maximum atomic E-state index is 13.8. The molecule has 0 unspecified atom stereocenters. The van der Waals surface area contributed by atoms with Gasteiger partial charge in [-0.05, 0) is 99.1 Å². The summed E-state index contributed by atoms with van der Waals surface area (Å²) in [4.78, 5) is 21.0. The van der Waals surface area contributed by atoms with Crippen LogP contribution in [0, 0.1) is 11.8 Å². The number of rotatable bonds is 9. The second-order valence-electron chi connectivity index (χ2n) is 10.4. The molecule has 2 fully saturated rings. The molecule has 1 aromatic heterocycles. The van der Waals surface area contributed by atoms with Gasteiger partial charge in [0.25, 0.3) is 0 Å². The number of hydrogen-bond donors (Lipinski definition) is 3. The van der Waals surface area contributed by atoms with E-state index < -0.39 is 0 Å². The Balaban J connectivity index is 1.49. The van der Waals surface area contributed by atoms with Crippen molar-refractivity contribution >= 4 is 34.1 Å². The Kier molecular flexibility index (Phi) is 9.33. The highest BCUT2D eigenvalue weighted by Crippen LogP contribution is 2.38. The predicted molar refractivity (Wildman–Crippen MR) is 154 cm³/mol. The molecule has 0 spiro atoms. The molecule has 198 valence electrons. The number of thioether (sulfide) groups is 1. The van der Waals surface area contributed by atoms with Crippen molar-refractivity contribution in [2.75, 3.05) is 23.8 Å². The van der Waals surface area contributed by atoms with E-state index in [0.29, 0.717) is 36.1 Å². The topological polar surface area (TPSA) is 85.7 Å². The average molecular weight is 522 g/mol. The summed E-state index contributed by atoms with van der Waals surface area (Å²) in [6.45, 7) is 8.32. The first-order chi connectivity index (χ1) is 17.8. The van der Waals surface area contributed by atoms with Crippen molar-refractivity contribution in [3.05, 3.63) is 72.0 Å². The molecule has 3 N–H and O–H groups in total. The molecule has 4 rings (SSSR count). The molecule has 7 heteroatoms. The zero-order valence-electron chi connectivity index (χ0n) is 21.7. The van der Waals surface area contributed by atoms with Gasteiger partial charge in [0.05, 0.1) is 6.10 Å². The van der Waals surface area contributed by atoms with Crippen molar-refractivity contribution in [2.45, 2.75) is 63.4 Å². The first kappa shape index (κ1) is 27.3. The molecular formula is C30H39N3O3S. The molecule has 2 saturated carbocycles. The lowest BCUT2D eigenvalue weighted by Gasteiger charge is -2.36. The normalized spacial score (nSPS) is 23.7. The lowest BCUT2D eigenvalue weighted by molar-refractivity contribution is -0.124. The number of hydrogen-bond acceptors (Lipinski definition) is 6. The minimum atomic E-state index is -0.292. The molecule has 2 aliphatic rings. The van der Waals surface area contributed by atoms with Gasteiger partial charge in [0, 0.05) is 36.3 Å². The van der Waals surface area contributed by atoms with E-state index in [4.69, 9.17) is 0 Å². The molecule has 0 aliphatic heterocycles. The van der Waals surface area contributed by atoms with E-state index in [1.165, 1.54) is 5.56 Å². The van der Waals surface area contributed by atoms with Crippen molar-refractivity contribution in [1.82, 2.24) is 4.98 Å². The van der Waals surface area contributed by atoms with Gasteiger partial charge >= 0.3 is 0 Å². The number of pyridine rings is 1. The fourth-order valence-corrected chi connectivity index (χ4v) is 6.17. The van der Waals surface area contributed by atoms with E-state index in [-0.39, 0.29) is 23.0 Å². The number of nitrogens with zero attached hydrogens (tertiary/aromatic N) is 2. The van der Waals surface area contributed by atoms with Gasteiger partial charge in [-0.15, -0.1) is 0 Å². The Hall–Kier alpha value is -2.77. The largest absolute Gasteiger partial charge is 0.502 e. The Labute approximate surface area is 224 Å². The Morgan fingerprint density at radius 2 is 1.81 bits per heavy atom. The molecule has 2 aliphatic carbocycles. The van der Waals surface area contributed by atoms with Gasteiger partial charge < -0.3 is 20.4 Å². The monoisotopic (exact) mass is 521 g/mol. The highest BCUT2D eigenvalue weighted by atomic mass is 32.2. The van der Waals surface area contributed by atoms with Crippen molar-refractivity contribution in [2.24, 2.45) is 11.8 Å². The minimum absolute atomic E-state index is 0.00310. The van der Waals surface area contributed by atoms with E-state index in [1.807, 2.05) is 48.5 Å². The van der Waals surface area contributed by atoms with Crippen LogP contribution in [0.15, 0.2) is 60.8 Å². The van der Waals surface area contributed by atoms with E-state index in [9.17, 15) is 15.0 Å². The third kappa shape index (κ3) is 7.17. The van der Waals surface area contributed by atoms with Crippen LogP contribution in [0.4, 0.5) is 11.5 Å². The van der Waals surface area contributed by atoms with Crippen LogP contribution in [0.2, 0.25) is 0 Å². The van der Waals surface area contributed by atoms with Crippen molar-refractivity contribution in [3.63, 3.8) is 0 Å². The van der Waals surface area contributed by atoms with Gasteiger partial charge in [0.15, 0.2) is 0 Å². The molecule has 0 bridgehead atoms. The number of anilines is 2. The first-order valence-electron chi connectivity index (χ1n) is 13.3. The first-order valence-corrected chi connectivity index (χ1v) is 14.1. The average Bonchev–Trinajstić information content (AvgIpc) is 2.92. The molecule has 0 atom stereocenters. The third-order valence-corrected chi connectivity index (χ3v) is 8.55. The van der Waals surface area contributed by atoms with E-state index in [0.717, 1.165) is 67.4 Å². The smallest absolute Gasteiger partial charge is 0.230 e. The third-order valence-electron chi connectivity index (χ3n) is 7.83. The summed E-state index contributed by atoms with van der Waals surface area (Å²) >= 11 is 1.13. The second-order valence-corrected chi connectivity index (χ2v) is 11.5. The quantitative estimate of drug-likeness (QED) is 0.318. The number of aliphatic hydroxyl groups excluding tert-OH is 2. The number of aliphatic hydroxyl groups is 2. The number of aromatic nitrogens is 1. The van der Waals surface area contributed by atoms with Crippen molar-refractivity contribution in [3.8, 4) is 0 Å². The number of amides is 1. The van der Waals surface area contributed by atoms with Crippen LogP contribution < -0.4 is 10.2 Å². The fraction of sp³-hybridized carbons (Fsp3) is 0.467. The van der Waals surface area contributed by atoms with Crippen molar-refractivity contribution < 1.29 is 15.0 Å². The molecular weight excluding hydrogens is 482 g/mol. The Morgan fingerprint density at radius 1 is 1.08 bits per heavy atom. The Morgan fingerprint density at radius 3 is 2.43 bits per heavy atom. The van der Waals surface area contributed by atoms with Crippen molar-refractivity contribution in [1.29, 1.82) is 0 Å². The summed E-state index contributed by atoms with van der Waals surface area (Å²) < 4.78 is 0. The van der Waals surface area contributed by atoms with Crippen LogP contribution in [0.25, 0.3) is 4.91 Å². The summed E-state index contributed by atoms with van der Waals surface area (Å²) in [5.74, 6) is 1.91. The molecule has 0 saturated heterocycles. The van der Waals surface area contributed by atoms with Crippen LogP contribution in [0.3, 0.4) is 0 Å². The van der Waals surface area contributed by atoms with Gasteiger partial charge in [0.2, 0.25) is 5.91 Å². The van der Waals surface area contributed by atoms with Crippen LogP contribution in [-0.4, -0.2) is 40.8 Å². The van der Waals surface area contributed by atoms with Gasteiger partial charge in [-0.25, -0.2) is 4.98 Å². The summed E-state index contributed by atoms with van der Waals surface area (Å²) in [5, 5.41) is 22.6. The van der Waals surface area contributed by atoms with Gasteiger partial charge in [-0.2, -0.15) is 0 Å². The van der Waals surface area contributed by atoms with E-state index in [2.05, 4.69) is 29.5 Å². The number of carbonyl (C=O) groups is 1. The summed E-state index contributed by atoms with van der Waals surface area (Å²) in [5.41, 5.74) is 3.03. The lowest BCUT2D eigenvalue weighted by atomic mass is 9.78. The van der Waals surface area contributed by atoms with Crippen LogP contribution >= 0.6 is 11.8 Å². The minimum Gasteiger partial charge on any atom is -0.502 e. The number of nitrogens with one attached hydrogen (secondary N) is 1. The molecule has 37 heavy (non-hydrogen) atoms. The SMILES string of the molecule is C=C(O)SC(=C)c1cccc(N(CC2CCC(c3ccc(NC)nc3)CC2)C(=O)C2CCC(O)CC2)c1. The van der Waals surface area contributed by atoms with Crippen LogP contribution in [0.1, 0.15) is 68.4 Å².